The van der Waals surface area contributed by atoms with E-state index < -0.39 is 0 Å². The van der Waals surface area contributed by atoms with Crippen LogP contribution in [0, 0.1) is 0 Å². The van der Waals surface area contributed by atoms with Crippen molar-refractivity contribution in [1.29, 1.82) is 0 Å². The lowest BCUT2D eigenvalue weighted by Crippen LogP contribution is -2.24. The molecule has 0 radical (unpaired) electrons. The van der Waals surface area contributed by atoms with E-state index in [1.54, 1.807) is 72.8 Å². The van der Waals surface area contributed by atoms with Crippen LogP contribution in [0.5, 0.6) is 5.75 Å². The van der Waals surface area contributed by atoms with Crippen molar-refractivity contribution in [2.75, 3.05) is 23.0 Å². The van der Waals surface area contributed by atoms with Gasteiger partial charge in [-0.05, 0) is 36.4 Å². The van der Waals surface area contributed by atoms with Gasteiger partial charge in [0.1, 0.15) is 5.75 Å². The molecule has 0 aliphatic heterocycles. The summed E-state index contributed by atoms with van der Waals surface area (Å²) in [5, 5.41) is 5.57. The van der Waals surface area contributed by atoms with E-state index in [1.165, 1.54) is 11.8 Å². The van der Waals surface area contributed by atoms with Gasteiger partial charge < -0.3 is 15.4 Å². The molecular formula is C30H22N2O5S. The highest BCUT2D eigenvalue weighted by atomic mass is 32.2. The molecule has 2 amide bonds. The van der Waals surface area contributed by atoms with Gasteiger partial charge in [-0.1, -0.05) is 60.7 Å². The molecule has 38 heavy (non-hydrogen) atoms. The molecule has 0 atom stereocenters. The number of carbonyl (C=O) groups excluding carboxylic acids is 4. The van der Waals surface area contributed by atoms with Crippen LogP contribution in [-0.2, 0) is 9.59 Å². The van der Waals surface area contributed by atoms with Crippen LogP contribution >= 0.6 is 11.8 Å². The molecule has 4 aromatic carbocycles. The van der Waals surface area contributed by atoms with Gasteiger partial charge in [0.05, 0.1) is 17.0 Å². The van der Waals surface area contributed by atoms with Gasteiger partial charge in [0, 0.05) is 27.3 Å². The van der Waals surface area contributed by atoms with Gasteiger partial charge in [0.2, 0.25) is 5.91 Å². The first-order valence-corrected chi connectivity index (χ1v) is 12.8. The maximum atomic E-state index is 13.1. The van der Waals surface area contributed by atoms with Gasteiger partial charge in [-0.25, -0.2) is 0 Å². The van der Waals surface area contributed by atoms with Crippen molar-refractivity contribution < 1.29 is 23.9 Å². The molecule has 0 bridgehead atoms. The second-order valence-corrected chi connectivity index (χ2v) is 9.50. The summed E-state index contributed by atoms with van der Waals surface area (Å²) in [5.74, 6) is -0.492. The number of hydrogen-bond acceptors (Lipinski definition) is 6. The van der Waals surface area contributed by atoms with Gasteiger partial charge in [0.15, 0.2) is 18.2 Å². The lowest BCUT2D eigenvalue weighted by molar-refractivity contribution is -0.118. The van der Waals surface area contributed by atoms with Crippen LogP contribution in [0.1, 0.15) is 31.8 Å². The molecule has 0 fully saturated rings. The van der Waals surface area contributed by atoms with Crippen LogP contribution < -0.4 is 15.4 Å². The fraction of sp³-hybridized carbons (Fsp3) is 0.0667. The Morgan fingerprint density at radius 2 is 1.37 bits per heavy atom. The van der Waals surface area contributed by atoms with Crippen molar-refractivity contribution in [3.05, 3.63) is 119 Å². The molecule has 0 aromatic heterocycles. The Balaban J connectivity index is 1.20. The molecule has 8 heteroatoms. The number of amides is 2. The van der Waals surface area contributed by atoms with Gasteiger partial charge in [-0.15, -0.1) is 11.8 Å². The monoisotopic (exact) mass is 522 g/mol. The van der Waals surface area contributed by atoms with E-state index in [0.717, 1.165) is 4.90 Å². The minimum absolute atomic E-state index is 0.0664. The van der Waals surface area contributed by atoms with Crippen LogP contribution in [0.3, 0.4) is 0 Å². The Bertz CT molecular complexity index is 1550. The quantitative estimate of drug-likeness (QED) is 0.271. The maximum absolute atomic E-state index is 13.1. The summed E-state index contributed by atoms with van der Waals surface area (Å²) in [4.78, 5) is 51.9. The molecule has 1 aliphatic carbocycles. The third-order valence-corrected chi connectivity index (χ3v) is 6.82. The van der Waals surface area contributed by atoms with E-state index in [9.17, 15) is 19.2 Å². The summed E-state index contributed by atoms with van der Waals surface area (Å²) in [7, 11) is 0. The molecule has 5 rings (SSSR count). The molecule has 188 valence electrons. The summed E-state index contributed by atoms with van der Waals surface area (Å²) < 4.78 is 5.46. The van der Waals surface area contributed by atoms with Gasteiger partial charge in [-0.3, -0.25) is 19.2 Å². The number of hydrogen-bond donors (Lipinski definition) is 2. The standard InChI is InChI=1S/C30H22N2O5S/c33-26(17-37-20-9-2-1-3-10-20)31-19-8-6-11-21(16-19)38-18-27(34)32-25-15-7-14-24-28(25)30(36)23-13-5-4-12-22(23)29(24)35/h1-16H,17-18H2,(H,31,33)(H,32,34). The van der Waals surface area contributed by atoms with Crippen LogP contribution in [0.4, 0.5) is 11.4 Å². The second kappa shape index (κ2) is 11.1. The number of ketones is 2. The Kier molecular flexibility index (Phi) is 7.33. The zero-order valence-electron chi connectivity index (χ0n) is 20.1. The molecule has 1 aliphatic rings. The number of ether oxygens (including phenoxy) is 1. The molecular weight excluding hydrogens is 500 g/mol. The van der Waals surface area contributed by atoms with Crippen molar-refractivity contribution in [3.8, 4) is 5.75 Å². The molecule has 2 N–H and O–H groups in total. The van der Waals surface area contributed by atoms with E-state index in [0.29, 0.717) is 28.3 Å². The zero-order chi connectivity index (χ0) is 26.5. The van der Waals surface area contributed by atoms with E-state index in [2.05, 4.69) is 10.6 Å². The van der Waals surface area contributed by atoms with Gasteiger partial charge >= 0.3 is 0 Å². The number of nitrogens with one attached hydrogen (secondary N) is 2. The molecule has 4 aromatic rings. The van der Waals surface area contributed by atoms with E-state index in [-0.39, 0.29) is 46.9 Å². The normalized spacial score (nSPS) is 11.8. The molecule has 0 heterocycles. The lowest BCUT2D eigenvalue weighted by atomic mass is 9.83. The highest BCUT2D eigenvalue weighted by molar-refractivity contribution is 8.00. The van der Waals surface area contributed by atoms with Crippen molar-refractivity contribution >= 4 is 46.5 Å². The predicted molar refractivity (Wildman–Crippen MR) is 146 cm³/mol. The molecule has 0 unspecified atom stereocenters. The van der Waals surface area contributed by atoms with Crippen LogP contribution in [-0.4, -0.2) is 35.7 Å². The summed E-state index contributed by atoms with van der Waals surface area (Å²) in [6.45, 7) is -0.128. The number of rotatable bonds is 8. The molecule has 7 nitrogen and oxygen atoms in total. The predicted octanol–water partition coefficient (Wildman–Crippen LogP) is 5.21. The van der Waals surface area contributed by atoms with Crippen molar-refractivity contribution in [2.45, 2.75) is 4.90 Å². The molecule has 0 spiro atoms. The fourth-order valence-corrected chi connectivity index (χ4v) is 4.87. The van der Waals surface area contributed by atoms with E-state index in [1.807, 2.05) is 24.3 Å². The van der Waals surface area contributed by atoms with Crippen LogP contribution in [0.25, 0.3) is 0 Å². The van der Waals surface area contributed by atoms with Crippen molar-refractivity contribution in [3.63, 3.8) is 0 Å². The van der Waals surface area contributed by atoms with Crippen LogP contribution in [0.15, 0.2) is 102 Å². The number of para-hydroxylation sites is 1. The molecule has 0 saturated carbocycles. The first-order chi connectivity index (χ1) is 18.5. The van der Waals surface area contributed by atoms with Crippen molar-refractivity contribution in [1.82, 2.24) is 0 Å². The summed E-state index contributed by atoms with van der Waals surface area (Å²) in [6, 6.07) is 27.7. The Morgan fingerprint density at radius 1 is 0.684 bits per heavy atom. The van der Waals surface area contributed by atoms with Gasteiger partial charge in [0.25, 0.3) is 5.91 Å². The maximum Gasteiger partial charge on any atom is 0.262 e. The minimum atomic E-state index is -0.326. The Labute approximate surface area is 223 Å². The fourth-order valence-electron chi connectivity index (χ4n) is 4.11. The summed E-state index contributed by atoms with van der Waals surface area (Å²) in [6.07, 6.45) is 0. The lowest BCUT2D eigenvalue weighted by Gasteiger charge is -2.20. The Morgan fingerprint density at radius 3 is 2.16 bits per heavy atom. The van der Waals surface area contributed by atoms with E-state index >= 15 is 0 Å². The second-order valence-electron chi connectivity index (χ2n) is 8.45. The number of carbonyl (C=O) groups is 4. The largest absolute Gasteiger partial charge is 0.484 e. The Hall–Kier alpha value is -4.69. The highest BCUT2D eigenvalue weighted by Crippen LogP contribution is 2.32. The average molecular weight is 523 g/mol. The first-order valence-electron chi connectivity index (χ1n) is 11.8. The molecule has 0 saturated heterocycles. The minimum Gasteiger partial charge on any atom is -0.484 e. The topological polar surface area (TPSA) is 102 Å². The summed E-state index contributed by atoms with van der Waals surface area (Å²) >= 11 is 1.28. The third-order valence-electron chi connectivity index (χ3n) is 5.83. The number of benzene rings is 4. The first kappa shape index (κ1) is 25.0. The van der Waals surface area contributed by atoms with Crippen LogP contribution in [0.2, 0.25) is 0 Å². The number of anilines is 2. The zero-order valence-corrected chi connectivity index (χ0v) is 20.9. The van der Waals surface area contributed by atoms with Crippen molar-refractivity contribution in [2.24, 2.45) is 0 Å². The van der Waals surface area contributed by atoms with Gasteiger partial charge in [-0.2, -0.15) is 0 Å². The third kappa shape index (κ3) is 5.50. The number of fused-ring (bicyclic) bond motifs is 2. The van der Waals surface area contributed by atoms with E-state index in [4.69, 9.17) is 4.74 Å². The smallest absolute Gasteiger partial charge is 0.262 e. The SMILES string of the molecule is O=C(COc1ccccc1)Nc1cccc(SCC(=O)Nc2cccc3c2C(=O)c2ccccc2C3=O)c1. The number of thioether (sulfide) groups is 1. The summed E-state index contributed by atoms with van der Waals surface area (Å²) in [5.41, 5.74) is 2.06. The average Bonchev–Trinajstić information content (AvgIpc) is 2.94. The highest BCUT2D eigenvalue weighted by Gasteiger charge is 2.31.